The number of aromatic nitrogens is 2. The summed E-state index contributed by atoms with van der Waals surface area (Å²) in [5, 5.41) is 8.96. The van der Waals surface area contributed by atoms with E-state index in [4.69, 9.17) is 14.6 Å². The molecule has 0 saturated carbocycles. The second-order valence-electron chi connectivity index (χ2n) is 7.30. The lowest BCUT2D eigenvalue weighted by atomic mass is 9.81. The normalized spacial score (nSPS) is 23.8. The van der Waals surface area contributed by atoms with Crippen LogP contribution >= 0.6 is 0 Å². The molecule has 2 saturated heterocycles. The summed E-state index contributed by atoms with van der Waals surface area (Å²) in [7, 11) is -0.432. The fraction of sp³-hybridized carbons (Fsp3) is 0.688. The van der Waals surface area contributed by atoms with Crippen molar-refractivity contribution in [3.63, 3.8) is 0 Å². The second-order valence-corrected chi connectivity index (χ2v) is 7.30. The highest BCUT2D eigenvalue weighted by Gasteiger charge is 2.51. The first-order valence-electron chi connectivity index (χ1n) is 8.14. The van der Waals surface area contributed by atoms with Crippen LogP contribution in [0.25, 0.3) is 0 Å². The molecule has 1 aromatic heterocycles. The number of nitrogens with zero attached hydrogens (tertiary/aromatic N) is 4. The van der Waals surface area contributed by atoms with Gasteiger partial charge in [0.1, 0.15) is 0 Å². The van der Waals surface area contributed by atoms with Crippen LogP contribution in [0.1, 0.15) is 40.5 Å². The van der Waals surface area contributed by atoms with Crippen molar-refractivity contribution in [2.45, 2.75) is 51.7 Å². The van der Waals surface area contributed by atoms with Crippen molar-refractivity contribution >= 4 is 18.5 Å². The molecule has 3 rings (SSSR count). The van der Waals surface area contributed by atoms with Gasteiger partial charge in [0.15, 0.2) is 0 Å². The Labute approximate surface area is 138 Å². The van der Waals surface area contributed by atoms with Crippen LogP contribution in [0.2, 0.25) is 0 Å². The summed E-state index contributed by atoms with van der Waals surface area (Å²) in [4.78, 5) is 11.1. The van der Waals surface area contributed by atoms with Crippen LogP contribution in [-0.2, 0) is 9.31 Å². The minimum absolute atomic E-state index is 0.162. The van der Waals surface area contributed by atoms with Gasteiger partial charge in [0.25, 0.3) is 0 Å². The zero-order valence-electron chi connectivity index (χ0n) is 14.2. The molecule has 3 heterocycles. The molecule has 0 spiro atoms. The molecular formula is C16H23BN4O2. The number of hydrogen-bond acceptors (Lipinski definition) is 6. The van der Waals surface area contributed by atoms with E-state index in [1.165, 1.54) is 0 Å². The summed E-state index contributed by atoms with van der Waals surface area (Å²) in [5.74, 6) is 0.872. The zero-order valence-corrected chi connectivity index (χ0v) is 14.2. The third-order valence-electron chi connectivity index (χ3n) is 5.14. The first kappa shape index (κ1) is 16.2. The highest BCUT2D eigenvalue weighted by Crippen LogP contribution is 2.36. The summed E-state index contributed by atoms with van der Waals surface area (Å²) in [6.07, 6.45) is 5.30. The van der Waals surface area contributed by atoms with Crippen molar-refractivity contribution in [3.05, 3.63) is 12.4 Å². The van der Waals surface area contributed by atoms with Crippen LogP contribution in [0.3, 0.4) is 0 Å². The monoisotopic (exact) mass is 314 g/mol. The molecule has 0 amide bonds. The molecule has 122 valence electrons. The van der Waals surface area contributed by atoms with Crippen LogP contribution in [0.4, 0.5) is 5.95 Å². The van der Waals surface area contributed by atoms with E-state index in [2.05, 4.69) is 20.9 Å². The van der Waals surface area contributed by atoms with Gasteiger partial charge in [-0.05, 0) is 40.5 Å². The molecule has 6 nitrogen and oxygen atoms in total. The van der Waals surface area contributed by atoms with Gasteiger partial charge in [-0.3, -0.25) is 0 Å². The molecule has 0 N–H and O–H groups in total. The summed E-state index contributed by atoms with van der Waals surface area (Å²) in [6, 6.07) is 2.34. The standard InChI is InChI=1S/C16H23BN4O2/c1-15(2)16(3,4)23-17(22-15)13-10-19-14(20-11-13)21-7-5-12(9-18)6-8-21/h10-12H,5-8H2,1-4H3. The molecule has 0 atom stereocenters. The predicted molar refractivity (Wildman–Crippen MR) is 88.3 cm³/mol. The van der Waals surface area contributed by atoms with Gasteiger partial charge in [0, 0.05) is 36.9 Å². The van der Waals surface area contributed by atoms with E-state index in [1.54, 1.807) is 12.4 Å². The maximum absolute atomic E-state index is 8.96. The molecular weight excluding hydrogens is 291 g/mol. The van der Waals surface area contributed by atoms with Gasteiger partial charge in [-0.15, -0.1) is 0 Å². The molecule has 2 aliphatic heterocycles. The van der Waals surface area contributed by atoms with Crippen LogP contribution in [0, 0.1) is 17.2 Å². The minimum atomic E-state index is -0.432. The summed E-state index contributed by atoms with van der Waals surface area (Å²) in [5.41, 5.74) is 0.102. The average Bonchev–Trinajstić information content (AvgIpc) is 2.76. The zero-order chi connectivity index (χ0) is 16.7. The van der Waals surface area contributed by atoms with Crippen LogP contribution in [-0.4, -0.2) is 41.4 Å². The Hall–Kier alpha value is -1.65. The van der Waals surface area contributed by atoms with Crippen molar-refractivity contribution in [1.82, 2.24) is 9.97 Å². The van der Waals surface area contributed by atoms with E-state index in [0.717, 1.165) is 31.4 Å². The Bertz CT molecular complexity index is 588. The second kappa shape index (κ2) is 5.77. The molecule has 23 heavy (non-hydrogen) atoms. The Morgan fingerprint density at radius 2 is 1.65 bits per heavy atom. The summed E-state index contributed by atoms with van der Waals surface area (Å²) in [6.45, 7) is 9.77. The van der Waals surface area contributed by atoms with Crippen LogP contribution in [0.15, 0.2) is 12.4 Å². The molecule has 0 aromatic carbocycles. The van der Waals surface area contributed by atoms with Gasteiger partial charge >= 0.3 is 7.12 Å². The van der Waals surface area contributed by atoms with E-state index in [-0.39, 0.29) is 17.1 Å². The molecule has 0 aliphatic carbocycles. The van der Waals surface area contributed by atoms with Crippen LogP contribution in [0.5, 0.6) is 0 Å². The lowest BCUT2D eigenvalue weighted by Gasteiger charge is -2.32. The van der Waals surface area contributed by atoms with E-state index >= 15 is 0 Å². The first-order chi connectivity index (χ1) is 10.8. The van der Waals surface area contributed by atoms with Gasteiger partial charge in [0.05, 0.1) is 17.3 Å². The van der Waals surface area contributed by atoms with E-state index in [0.29, 0.717) is 5.95 Å². The van der Waals surface area contributed by atoms with Gasteiger partial charge in [-0.25, -0.2) is 9.97 Å². The van der Waals surface area contributed by atoms with Crippen molar-refractivity contribution in [2.75, 3.05) is 18.0 Å². The Morgan fingerprint density at radius 1 is 1.13 bits per heavy atom. The minimum Gasteiger partial charge on any atom is -0.399 e. The SMILES string of the molecule is CC1(C)OB(c2cnc(N3CCC(C#N)CC3)nc2)OC1(C)C. The highest BCUT2D eigenvalue weighted by atomic mass is 16.7. The van der Waals surface area contributed by atoms with E-state index < -0.39 is 7.12 Å². The molecule has 2 fully saturated rings. The third-order valence-corrected chi connectivity index (χ3v) is 5.14. The molecule has 7 heteroatoms. The van der Waals surface area contributed by atoms with Crippen molar-refractivity contribution in [1.29, 1.82) is 5.26 Å². The first-order valence-corrected chi connectivity index (χ1v) is 8.14. The average molecular weight is 314 g/mol. The number of piperidine rings is 1. The number of nitriles is 1. The molecule has 2 aliphatic rings. The van der Waals surface area contributed by atoms with Gasteiger partial charge < -0.3 is 14.2 Å². The smallest absolute Gasteiger partial charge is 0.399 e. The summed E-state index contributed by atoms with van der Waals surface area (Å²) < 4.78 is 12.0. The Balaban J connectivity index is 1.68. The topological polar surface area (TPSA) is 71.3 Å². The lowest BCUT2D eigenvalue weighted by molar-refractivity contribution is 0.00578. The highest BCUT2D eigenvalue weighted by molar-refractivity contribution is 6.61. The number of anilines is 1. The Morgan fingerprint density at radius 3 is 2.13 bits per heavy atom. The molecule has 0 radical (unpaired) electrons. The number of rotatable bonds is 2. The largest absolute Gasteiger partial charge is 0.498 e. The fourth-order valence-electron chi connectivity index (χ4n) is 2.80. The Kier molecular flexibility index (Phi) is 4.07. The van der Waals surface area contributed by atoms with Crippen molar-refractivity contribution < 1.29 is 9.31 Å². The molecule has 0 bridgehead atoms. The molecule has 1 aromatic rings. The lowest BCUT2D eigenvalue weighted by Crippen LogP contribution is -2.41. The van der Waals surface area contributed by atoms with Crippen LogP contribution < -0.4 is 10.4 Å². The van der Waals surface area contributed by atoms with Gasteiger partial charge in [-0.2, -0.15) is 5.26 Å². The maximum atomic E-state index is 8.96. The maximum Gasteiger partial charge on any atom is 0.498 e. The van der Waals surface area contributed by atoms with Crippen molar-refractivity contribution in [2.24, 2.45) is 5.92 Å². The van der Waals surface area contributed by atoms with Gasteiger partial charge in [-0.1, -0.05) is 0 Å². The van der Waals surface area contributed by atoms with E-state index in [1.807, 2.05) is 27.7 Å². The van der Waals surface area contributed by atoms with E-state index in [9.17, 15) is 0 Å². The predicted octanol–water partition coefficient (Wildman–Crippen LogP) is 1.52. The quantitative estimate of drug-likeness (QED) is 0.771. The van der Waals surface area contributed by atoms with Crippen molar-refractivity contribution in [3.8, 4) is 6.07 Å². The third kappa shape index (κ3) is 3.06. The van der Waals surface area contributed by atoms with Gasteiger partial charge in [0.2, 0.25) is 5.95 Å². The fourth-order valence-corrected chi connectivity index (χ4v) is 2.80. The number of hydrogen-bond donors (Lipinski definition) is 0. The summed E-state index contributed by atoms with van der Waals surface area (Å²) >= 11 is 0. The molecule has 0 unspecified atom stereocenters.